The molecule has 0 radical (unpaired) electrons. The first-order valence-electron chi connectivity index (χ1n) is 28.3. The Morgan fingerprint density at radius 2 is 1.23 bits per heavy atom. The van der Waals surface area contributed by atoms with Crippen molar-refractivity contribution in [3.05, 3.63) is 29.3 Å². The predicted molar refractivity (Wildman–Crippen MR) is 282 cm³/mol. The quantitative estimate of drug-likeness (QED) is 0.0948. The lowest BCUT2D eigenvalue weighted by Gasteiger charge is -2.47. The molecule has 26 nitrogen and oxygen atoms in total. The Kier molecular flexibility index (Phi) is 20.5. The zero-order valence-electron chi connectivity index (χ0n) is 48.4. The molecule has 83 heavy (non-hydrogen) atoms. The summed E-state index contributed by atoms with van der Waals surface area (Å²) >= 11 is 0. The van der Waals surface area contributed by atoms with Gasteiger partial charge >= 0.3 is 11.9 Å². The lowest BCUT2D eigenvalue weighted by molar-refractivity contribution is -0.334. The number of ketones is 2. The van der Waals surface area contributed by atoms with E-state index in [4.69, 9.17) is 61.6 Å². The predicted octanol–water partition coefficient (Wildman–Crippen LogP) is 1.22. The largest absolute Gasteiger partial charge is 0.507 e. The third-order valence-electron chi connectivity index (χ3n) is 16.4. The third-order valence-corrected chi connectivity index (χ3v) is 16.4. The van der Waals surface area contributed by atoms with E-state index in [1.165, 1.54) is 53.0 Å². The second-order valence-corrected chi connectivity index (χ2v) is 23.5. The van der Waals surface area contributed by atoms with E-state index < -0.39 is 194 Å². The van der Waals surface area contributed by atoms with Gasteiger partial charge in [-0.25, -0.2) is 0 Å². The maximum absolute atomic E-state index is 15.1. The monoisotopic (exact) mass is 1180 g/mol. The van der Waals surface area contributed by atoms with Crippen LogP contribution in [0.25, 0.3) is 10.8 Å². The number of esters is 2. The number of benzene rings is 2. The van der Waals surface area contributed by atoms with Crippen LogP contribution < -0.4 is 4.74 Å². The zero-order chi connectivity index (χ0) is 60.8. The molecule has 0 amide bonds. The molecule has 0 spiro atoms. The van der Waals surface area contributed by atoms with Crippen molar-refractivity contribution < 1.29 is 127 Å². The highest BCUT2D eigenvalue weighted by Gasteiger charge is 2.52. The Bertz CT molecular complexity index is 2600. The molecule has 6 aliphatic rings. The van der Waals surface area contributed by atoms with Crippen LogP contribution in [-0.2, 0) is 77.6 Å². The van der Waals surface area contributed by atoms with Crippen molar-refractivity contribution in [2.75, 3.05) is 7.11 Å². The van der Waals surface area contributed by atoms with Crippen LogP contribution in [0.3, 0.4) is 0 Å². The minimum atomic E-state index is -1.97. The average molecular weight is 1180 g/mol. The van der Waals surface area contributed by atoms with Gasteiger partial charge < -0.3 is 108 Å². The van der Waals surface area contributed by atoms with Crippen molar-refractivity contribution >= 4 is 34.3 Å². The molecule has 9 N–H and O–H groups in total. The van der Waals surface area contributed by atoms with Gasteiger partial charge in [0.25, 0.3) is 0 Å². The summed E-state index contributed by atoms with van der Waals surface area (Å²) in [4.78, 5) is 53.7. The van der Waals surface area contributed by atoms with Crippen molar-refractivity contribution in [1.29, 1.82) is 0 Å². The standard InChI is InChI=1S/C57H82O26/c1-21(2)56(69)83-55-27(8)76-42(20-57(55,10)70)80-36-17-40(73-24(5)48(36)65)79-35-18-41(74-25(6)47(35)64)82-54-32(53(71-11)51(68)45(62)22(3)58)14-30-12-29-13-31(15-33(60)43(29)49(66)44(30)50(54)67)78-39-19-37(52(26(7)75-39)77-28(9)59)81-38-16-34(61)46(63)23(4)72-38/h12-13,15,21-27,32,34-42,45-48,52-55,58,60-66,70H,14,16-20H2,1-11H3. The van der Waals surface area contributed by atoms with Gasteiger partial charge in [-0.2, -0.15) is 0 Å². The van der Waals surface area contributed by atoms with Crippen LogP contribution in [0.15, 0.2) is 18.2 Å². The summed E-state index contributed by atoms with van der Waals surface area (Å²) in [5, 5.41) is 99.7. The Labute approximate surface area is 480 Å². The van der Waals surface area contributed by atoms with Gasteiger partial charge in [0.2, 0.25) is 6.29 Å². The number of fused-ring (bicyclic) bond motifs is 2. The van der Waals surface area contributed by atoms with Gasteiger partial charge in [0.15, 0.2) is 48.9 Å². The van der Waals surface area contributed by atoms with Crippen LogP contribution in [0.1, 0.15) is 117 Å². The fourth-order valence-electron chi connectivity index (χ4n) is 12.0. The maximum Gasteiger partial charge on any atom is 0.308 e. The fourth-order valence-corrected chi connectivity index (χ4v) is 12.0. The topological polar surface area (TPSA) is 370 Å². The van der Waals surface area contributed by atoms with E-state index in [-0.39, 0.29) is 66.2 Å². The highest BCUT2D eigenvalue weighted by Crippen LogP contribution is 2.46. The zero-order valence-corrected chi connectivity index (χ0v) is 48.4. The van der Waals surface area contributed by atoms with E-state index in [0.717, 1.165) is 0 Å². The van der Waals surface area contributed by atoms with E-state index >= 15 is 4.79 Å². The molecule has 0 aromatic heterocycles. The molecule has 2 aromatic rings. The van der Waals surface area contributed by atoms with Crippen LogP contribution in [0, 0.1) is 11.8 Å². The molecule has 25 unspecified atom stereocenters. The lowest BCUT2D eigenvalue weighted by atomic mass is 9.75. The Hall–Kier alpha value is -4.30. The van der Waals surface area contributed by atoms with Gasteiger partial charge in [-0.15, -0.1) is 0 Å². The number of Topliss-reactive ketones (excluding diaryl/α,β-unsaturated/α-hetero) is 2. The molecule has 5 fully saturated rings. The number of carbonyl (C=O) groups excluding carboxylic acids is 4. The van der Waals surface area contributed by atoms with E-state index in [0.29, 0.717) is 0 Å². The highest BCUT2D eigenvalue weighted by atomic mass is 16.7. The molecular formula is C57H82O26. The number of hydrogen-bond donors (Lipinski definition) is 9. The van der Waals surface area contributed by atoms with Gasteiger partial charge in [0, 0.05) is 58.1 Å². The summed E-state index contributed by atoms with van der Waals surface area (Å²) in [5.41, 5.74) is -1.68. The molecule has 26 heteroatoms. The minimum Gasteiger partial charge on any atom is -0.507 e. The summed E-state index contributed by atoms with van der Waals surface area (Å²) in [6.07, 6.45) is -27.4. The number of rotatable bonds is 18. The molecule has 0 bridgehead atoms. The molecule has 466 valence electrons. The van der Waals surface area contributed by atoms with Crippen LogP contribution in [0.5, 0.6) is 17.2 Å². The second-order valence-electron chi connectivity index (χ2n) is 23.5. The molecule has 0 saturated carbocycles. The summed E-state index contributed by atoms with van der Waals surface area (Å²) in [6, 6.07) is 4.15. The molecule has 5 saturated heterocycles. The Morgan fingerprint density at radius 3 is 1.80 bits per heavy atom. The van der Waals surface area contributed by atoms with Gasteiger partial charge in [0.1, 0.15) is 65.6 Å². The van der Waals surface area contributed by atoms with Crippen LogP contribution in [-0.4, -0.2) is 223 Å². The minimum absolute atomic E-state index is 0.0277. The van der Waals surface area contributed by atoms with Crippen molar-refractivity contribution in [2.45, 2.75) is 255 Å². The average Bonchev–Trinajstić information content (AvgIpc) is 1.56. The first-order valence-corrected chi connectivity index (χ1v) is 28.3. The summed E-state index contributed by atoms with van der Waals surface area (Å²) in [7, 11) is 1.17. The summed E-state index contributed by atoms with van der Waals surface area (Å²) in [5.74, 6) is -5.87. The van der Waals surface area contributed by atoms with Crippen LogP contribution in [0.2, 0.25) is 0 Å². The lowest BCUT2D eigenvalue weighted by Crippen LogP contribution is -2.59. The first kappa shape index (κ1) is 64.7. The molecule has 25 atom stereocenters. The number of carbonyl (C=O) groups is 4. The van der Waals surface area contributed by atoms with E-state index in [1.54, 1.807) is 41.5 Å². The van der Waals surface area contributed by atoms with Crippen molar-refractivity contribution in [1.82, 2.24) is 0 Å². The highest BCUT2D eigenvalue weighted by molar-refractivity contribution is 6.11. The molecule has 1 aliphatic carbocycles. The molecule has 5 heterocycles. The van der Waals surface area contributed by atoms with Crippen molar-refractivity contribution in [3.8, 4) is 17.2 Å². The summed E-state index contributed by atoms with van der Waals surface area (Å²) in [6.45, 7) is 15.2. The van der Waals surface area contributed by atoms with E-state index in [2.05, 4.69) is 0 Å². The fraction of sp³-hybridized carbons (Fsp3) is 0.754. The second kappa shape index (κ2) is 26.4. The molecular weight excluding hydrogens is 1100 g/mol. The van der Waals surface area contributed by atoms with Crippen molar-refractivity contribution in [3.63, 3.8) is 0 Å². The first-order chi connectivity index (χ1) is 39.0. The van der Waals surface area contributed by atoms with Gasteiger partial charge in [-0.3, -0.25) is 19.2 Å². The summed E-state index contributed by atoms with van der Waals surface area (Å²) < 4.78 is 78.5. The number of aliphatic hydroxyl groups excluding tert-OH is 6. The number of phenols is 2. The Balaban J connectivity index is 1.02. The van der Waals surface area contributed by atoms with Crippen LogP contribution >= 0.6 is 0 Å². The van der Waals surface area contributed by atoms with Gasteiger partial charge in [-0.05, 0) is 78.0 Å². The number of phenolic OH excluding ortho intramolecular Hbond substituents is 2. The molecule has 8 rings (SSSR count). The number of methoxy groups -OCH3 is 1. The number of hydrogen-bond acceptors (Lipinski definition) is 26. The smallest absolute Gasteiger partial charge is 0.308 e. The van der Waals surface area contributed by atoms with E-state index in [1.807, 2.05) is 0 Å². The normalized spacial score (nSPS) is 39.8. The SMILES string of the molecule is COC(C(=O)C(O)C(C)O)C1Cc2cc3cc(OC4CC(OC5CC(O)C(O)C(C)O5)C(OC(C)=O)C(C)O4)cc(O)c3c(O)c2C(=O)C1OC1CC(OC2CC(OC3CC(C)(O)C(OC(=O)C(C)C)C(C)O3)C(O)C(C)O2)C(O)C(C)O1. The number of aromatic hydroxyl groups is 2. The van der Waals surface area contributed by atoms with Crippen LogP contribution in [0.4, 0.5) is 0 Å². The molecule has 2 aromatic carbocycles. The van der Waals surface area contributed by atoms with Crippen molar-refractivity contribution in [2.24, 2.45) is 11.8 Å². The van der Waals surface area contributed by atoms with E-state index in [9.17, 15) is 60.3 Å². The Morgan fingerprint density at radius 1 is 0.687 bits per heavy atom. The van der Waals surface area contributed by atoms with Gasteiger partial charge in [0.05, 0.1) is 71.8 Å². The number of ether oxygens (including phenoxy) is 13. The maximum atomic E-state index is 15.1. The molecule has 5 aliphatic heterocycles. The number of aliphatic hydroxyl groups is 7. The third kappa shape index (κ3) is 14.3. The van der Waals surface area contributed by atoms with Gasteiger partial charge in [-0.1, -0.05) is 13.8 Å².